The predicted molar refractivity (Wildman–Crippen MR) is 40.4 cm³/mol. The zero-order valence-electron chi connectivity index (χ0n) is 6.86. The topological polar surface area (TPSA) is 57.6 Å². The highest BCUT2D eigenvalue weighted by Crippen LogP contribution is 2.46. The van der Waals surface area contributed by atoms with Crippen molar-refractivity contribution in [3.05, 3.63) is 0 Å². The number of nitrogens with zero attached hydrogens (tertiary/aromatic N) is 1. The number of hydrogen-bond donors (Lipinski definition) is 1. The van der Waals surface area contributed by atoms with Crippen LogP contribution in [-0.4, -0.2) is 34.5 Å². The molecule has 1 saturated carbocycles. The molecule has 4 heteroatoms. The van der Waals surface area contributed by atoms with Gasteiger partial charge in [0.05, 0.1) is 5.92 Å². The van der Waals surface area contributed by atoms with Crippen molar-refractivity contribution in [3.63, 3.8) is 0 Å². The number of fused-ring (bicyclic) bond motifs is 1. The van der Waals surface area contributed by atoms with Crippen LogP contribution in [0, 0.1) is 11.8 Å². The third-order valence-corrected chi connectivity index (χ3v) is 2.99. The average molecular weight is 169 g/mol. The van der Waals surface area contributed by atoms with E-state index < -0.39 is 5.97 Å². The zero-order valence-corrected chi connectivity index (χ0v) is 6.86. The molecule has 3 atom stereocenters. The van der Waals surface area contributed by atoms with Gasteiger partial charge in [0.15, 0.2) is 0 Å². The Hall–Kier alpha value is -1.06. The Balaban J connectivity index is 2.11. The zero-order chi connectivity index (χ0) is 8.88. The summed E-state index contributed by atoms with van der Waals surface area (Å²) in [6.07, 6.45) is 0.885. The normalized spacial score (nSPS) is 37.8. The summed E-state index contributed by atoms with van der Waals surface area (Å²) in [6, 6.07) is -0.00926. The van der Waals surface area contributed by atoms with Crippen LogP contribution in [-0.2, 0) is 9.59 Å². The van der Waals surface area contributed by atoms with Gasteiger partial charge in [0, 0.05) is 19.5 Å². The van der Waals surface area contributed by atoms with Gasteiger partial charge < -0.3 is 10.0 Å². The second-order valence-electron chi connectivity index (χ2n) is 3.60. The maximum Gasteiger partial charge on any atom is 0.308 e. The van der Waals surface area contributed by atoms with Gasteiger partial charge in [0.25, 0.3) is 0 Å². The smallest absolute Gasteiger partial charge is 0.308 e. The summed E-state index contributed by atoms with van der Waals surface area (Å²) in [4.78, 5) is 23.3. The fourth-order valence-electron chi connectivity index (χ4n) is 2.35. The molecular weight excluding hydrogens is 158 g/mol. The van der Waals surface area contributed by atoms with Crippen molar-refractivity contribution in [3.8, 4) is 0 Å². The van der Waals surface area contributed by atoms with Gasteiger partial charge in [-0.05, 0) is 12.3 Å². The second-order valence-corrected chi connectivity index (χ2v) is 3.60. The number of hydrogen-bond acceptors (Lipinski definition) is 2. The molecule has 0 aromatic heterocycles. The van der Waals surface area contributed by atoms with Crippen LogP contribution < -0.4 is 0 Å². The lowest BCUT2D eigenvalue weighted by Gasteiger charge is -2.32. The minimum absolute atomic E-state index is 0.00579. The van der Waals surface area contributed by atoms with E-state index in [9.17, 15) is 9.59 Å². The van der Waals surface area contributed by atoms with E-state index in [0.29, 0.717) is 6.54 Å². The highest BCUT2D eigenvalue weighted by atomic mass is 16.4. The molecular formula is C8H11NO3. The maximum atomic E-state index is 11.0. The van der Waals surface area contributed by atoms with Crippen LogP contribution in [0.5, 0.6) is 0 Å². The first kappa shape index (κ1) is 7.58. The van der Waals surface area contributed by atoms with E-state index in [-0.39, 0.29) is 23.8 Å². The van der Waals surface area contributed by atoms with E-state index >= 15 is 0 Å². The quantitative estimate of drug-likeness (QED) is 0.598. The summed E-state index contributed by atoms with van der Waals surface area (Å²) >= 11 is 0. The Kier molecular flexibility index (Phi) is 1.40. The Morgan fingerprint density at radius 1 is 1.50 bits per heavy atom. The van der Waals surface area contributed by atoms with Crippen molar-refractivity contribution in [2.24, 2.45) is 11.8 Å². The third-order valence-electron chi connectivity index (χ3n) is 2.99. The van der Waals surface area contributed by atoms with Crippen molar-refractivity contribution < 1.29 is 14.7 Å². The molecule has 66 valence electrons. The molecule has 1 aliphatic carbocycles. The Bertz CT molecular complexity index is 235. The van der Waals surface area contributed by atoms with Crippen molar-refractivity contribution in [1.82, 2.24) is 4.90 Å². The van der Waals surface area contributed by atoms with Crippen LogP contribution in [0.1, 0.15) is 13.3 Å². The maximum absolute atomic E-state index is 11.0. The molecule has 2 aliphatic heterocycles. The van der Waals surface area contributed by atoms with E-state index in [1.54, 1.807) is 4.90 Å². The third kappa shape index (κ3) is 0.777. The van der Waals surface area contributed by atoms with Crippen molar-refractivity contribution in [2.75, 3.05) is 6.54 Å². The van der Waals surface area contributed by atoms with Gasteiger partial charge in [-0.25, -0.2) is 0 Å². The molecule has 0 aromatic carbocycles. The van der Waals surface area contributed by atoms with Crippen molar-refractivity contribution >= 4 is 11.9 Å². The van der Waals surface area contributed by atoms with Crippen molar-refractivity contribution in [1.29, 1.82) is 0 Å². The lowest BCUT2D eigenvalue weighted by atomic mass is 9.74. The highest BCUT2D eigenvalue weighted by molar-refractivity contribution is 5.79. The summed E-state index contributed by atoms with van der Waals surface area (Å²) < 4.78 is 0. The molecule has 2 heterocycles. The number of carboxylic acid groups (broad SMARTS) is 1. The first-order chi connectivity index (χ1) is 5.61. The van der Waals surface area contributed by atoms with Gasteiger partial charge in [-0.15, -0.1) is 0 Å². The SMILES string of the molecule is CC(=O)N1C[C@@H]2C[C@H]1[C@H]2C(=O)O. The van der Waals surface area contributed by atoms with Crippen LogP contribution in [0.15, 0.2) is 0 Å². The van der Waals surface area contributed by atoms with Gasteiger partial charge >= 0.3 is 5.97 Å². The van der Waals surface area contributed by atoms with Gasteiger partial charge in [0.1, 0.15) is 0 Å². The minimum atomic E-state index is -0.750. The van der Waals surface area contributed by atoms with E-state index in [4.69, 9.17) is 5.11 Å². The van der Waals surface area contributed by atoms with E-state index in [0.717, 1.165) is 6.42 Å². The van der Waals surface area contributed by atoms with E-state index in [1.807, 2.05) is 0 Å². The fourth-order valence-corrected chi connectivity index (χ4v) is 2.35. The summed E-state index contributed by atoms with van der Waals surface area (Å²) in [7, 11) is 0. The summed E-state index contributed by atoms with van der Waals surface area (Å²) in [5.41, 5.74) is 0. The lowest BCUT2D eigenvalue weighted by molar-refractivity contribution is -0.148. The Morgan fingerprint density at radius 2 is 2.17 bits per heavy atom. The molecule has 2 bridgehead atoms. The van der Waals surface area contributed by atoms with Crippen LogP contribution >= 0.6 is 0 Å². The summed E-state index contributed by atoms with van der Waals surface area (Å²) in [5, 5.41) is 8.78. The molecule has 1 N–H and O–H groups in total. The first-order valence-electron chi connectivity index (χ1n) is 4.11. The Labute approximate surface area is 70.2 Å². The molecule has 0 aromatic rings. The summed E-state index contributed by atoms with van der Waals surface area (Å²) in [5.74, 6) is -0.809. The molecule has 3 aliphatic rings. The molecule has 4 nitrogen and oxygen atoms in total. The molecule has 12 heavy (non-hydrogen) atoms. The molecule has 0 radical (unpaired) electrons. The largest absolute Gasteiger partial charge is 0.481 e. The highest BCUT2D eigenvalue weighted by Gasteiger charge is 2.56. The van der Waals surface area contributed by atoms with Crippen LogP contribution in [0.3, 0.4) is 0 Å². The molecule has 3 fully saturated rings. The average Bonchev–Trinajstić information content (AvgIpc) is 2.37. The number of aliphatic carboxylic acids is 1. The fraction of sp³-hybridized carbons (Fsp3) is 0.750. The second kappa shape index (κ2) is 2.21. The number of carbonyl (C=O) groups excluding carboxylic acids is 1. The number of amides is 1. The van der Waals surface area contributed by atoms with Crippen LogP contribution in [0.4, 0.5) is 0 Å². The molecule has 0 spiro atoms. The van der Waals surface area contributed by atoms with Gasteiger partial charge in [-0.1, -0.05) is 0 Å². The minimum Gasteiger partial charge on any atom is -0.481 e. The number of carbonyl (C=O) groups is 2. The Morgan fingerprint density at radius 3 is 2.50 bits per heavy atom. The lowest BCUT2D eigenvalue weighted by Crippen LogP contribution is -2.44. The molecule has 2 saturated heterocycles. The standard InChI is InChI=1S/C8H11NO3/c1-4(10)9-3-5-2-6(9)7(5)8(11)12/h5-7H,2-3H2,1H3,(H,11,12)/t5-,6-,7-/m0/s1. The number of rotatable bonds is 1. The summed E-state index contributed by atoms with van der Waals surface area (Å²) in [6.45, 7) is 2.15. The molecule has 1 amide bonds. The predicted octanol–water partition coefficient (Wildman–Crippen LogP) is -0.0622. The van der Waals surface area contributed by atoms with Crippen LogP contribution in [0.2, 0.25) is 0 Å². The first-order valence-corrected chi connectivity index (χ1v) is 4.11. The van der Waals surface area contributed by atoms with E-state index in [1.165, 1.54) is 6.92 Å². The number of carboxylic acids is 1. The van der Waals surface area contributed by atoms with Gasteiger partial charge in [-0.3, -0.25) is 9.59 Å². The monoisotopic (exact) mass is 169 g/mol. The van der Waals surface area contributed by atoms with Crippen molar-refractivity contribution in [2.45, 2.75) is 19.4 Å². The molecule has 3 rings (SSSR count). The van der Waals surface area contributed by atoms with Crippen LogP contribution in [0.25, 0.3) is 0 Å². The molecule has 0 unspecified atom stereocenters. The van der Waals surface area contributed by atoms with E-state index in [2.05, 4.69) is 0 Å². The van der Waals surface area contributed by atoms with Gasteiger partial charge in [-0.2, -0.15) is 0 Å². The van der Waals surface area contributed by atoms with Gasteiger partial charge in [0.2, 0.25) is 5.91 Å².